The van der Waals surface area contributed by atoms with Gasteiger partial charge < -0.3 is 59.3 Å². The van der Waals surface area contributed by atoms with E-state index in [4.69, 9.17) is 28.8 Å². The fourth-order valence-electron chi connectivity index (χ4n) is 13.8. The number of halogens is 6. The number of amides is 4. The summed E-state index contributed by atoms with van der Waals surface area (Å²) in [6, 6.07) is 15.3. The lowest BCUT2D eigenvalue weighted by atomic mass is 9.43. The van der Waals surface area contributed by atoms with Crippen LogP contribution in [0, 0.1) is 57.5 Å². The first-order valence-electron chi connectivity index (χ1n) is 32.0. The number of alkyl carbamates (subject to hydrolysis) is 2. The molecule has 5 saturated heterocycles. The number of piperidine rings is 2. The Labute approximate surface area is 542 Å². The molecule has 2 aromatic rings. The maximum atomic E-state index is 13.9. The third kappa shape index (κ3) is 19.7. The standard InChI is InChI=1S/C35H46BF3N4O5.C25H32BF3N4O5.C4H11BO2/c1-32(2,43-14-12-35(38,39)21-43)18-23(19-40)30(44)42-13-6-7-26(20-42)46-31(45)41-29(15-22-8-10-25(37)11-9-22)36-47-28-17-24-16-27(33(24,3)4)34(28,5)48-36;1-24(2,33-11-9-25(28,29)16-33)13-18(14-30)22(34)32-10-3-4-20(15-32)38-23(35)31-21(26(36)37)12-17-5-7-19(27)8-6-17;1-4(2)3-5(6)7/h8-11,18,24,26-29H,6-7,12-17,20-21H2,1-5H3,(H,41,45);5-8,13,20-21,36-37H,3-4,9-12,15-16H2,1-2H3,(H,31,35);4,6-7H,3H2,1-2H3/t24-,26-,27-,28+,29-,34-;20-,21-;/m00./s1. The van der Waals surface area contributed by atoms with Crippen LogP contribution in [0.3, 0.4) is 0 Å². The van der Waals surface area contributed by atoms with Gasteiger partial charge in [-0.05, 0) is 163 Å². The van der Waals surface area contributed by atoms with Crippen LogP contribution in [0.15, 0.2) is 71.8 Å². The minimum absolute atomic E-state index is 0.0113. The molecule has 93 heavy (non-hydrogen) atoms. The average Bonchev–Trinajstić information content (AvgIpc) is 1.66. The molecule has 5 aliphatic heterocycles. The summed E-state index contributed by atoms with van der Waals surface area (Å²) < 4.78 is 106. The van der Waals surface area contributed by atoms with E-state index in [1.807, 2.05) is 26.0 Å². The molecule has 2 aromatic carbocycles. The highest BCUT2D eigenvalue weighted by atomic mass is 19.3. The second kappa shape index (κ2) is 30.7. The number of rotatable bonds is 18. The molecular weight excluding hydrogens is 1220 g/mol. The number of nitrogens with zero attached hydrogens (tertiary/aromatic N) is 6. The van der Waals surface area contributed by atoms with E-state index in [9.17, 15) is 66.1 Å². The van der Waals surface area contributed by atoms with Crippen molar-refractivity contribution in [3.8, 4) is 12.1 Å². The molecule has 0 spiro atoms. The van der Waals surface area contributed by atoms with Crippen LogP contribution in [0.5, 0.6) is 0 Å². The van der Waals surface area contributed by atoms with Crippen molar-refractivity contribution in [2.75, 3.05) is 52.4 Å². The molecule has 8 atom stereocenters. The van der Waals surface area contributed by atoms with Crippen molar-refractivity contribution in [1.29, 1.82) is 10.5 Å². The zero-order valence-electron chi connectivity index (χ0n) is 54.6. The monoisotopic (exact) mass is 1310 g/mol. The molecule has 0 aromatic heterocycles. The number of likely N-dealkylation sites (tertiary alicyclic amines) is 4. The number of ether oxygens (including phenoxy) is 2. The van der Waals surface area contributed by atoms with E-state index in [1.165, 1.54) is 63.2 Å². The molecule has 2 bridgehead atoms. The number of carbonyl (C=O) groups excluding carboxylic acids is 4. The predicted octanol–water partition coefficient (Wildman–Crippen LogP) is 7.44. The minimum atomic E-state index is -2.82. The Morgan fingerprint density at radius 3 is 1.56 bits per heavy atom. The van der Waals surface area contributed by atoms with Gasteiger partial charge in [0.05, 0.1) is 49.8 Å². The Morgan fingerprint density at radius 1 is 0.720 bits per heavy atom. The summed E-state index contributed by atoms with van der Waals surface area (Å²) in [5, 5.41) is 60.7. The molecule has 8 fully saturated rings. The Morgan fingerprint density at radius 2 is 1.17 bits per heavy atom. The summed E-state index contributed by atoms with van der Waals surface area (Å²) >= 11 is 0. The van der Waals surface area contributed by atoms with Gasteiger partial charge in [-0.2, -0.15) is 10.5 Å². The van der Waals surface area contributed by atoms with Crippen molar-refractivity contribution in [3.63, 3.8) is 0 Å². The van der Waals surface area contributed by atoms with Crippen molar-refractivity contribution in [3.05, 3.63) is 94.6 Å². The number of hydrogen-bond donors (Lipinski definition) is 6. The van der Waals surface area contributed by atoms with Crippen LogP contribution in [0.2, 0.25) is 6.32 Å². The van der Waals surface area contributed by atoms with E-state index in [0.29, 0.717) is 74.8 Å². The number of nitriles is 2. The maximum Gasteiger partial charge on any atom is 0.482 e. The summed E-state index contributed by atoms with van der Waals surface area (Å²) in [7, 11) is -3.77. The highest BCUT2D eigenvalue weighted by Gasteiger charge is 2.68. The van der Waals surface area contributed by atoms with Crippen LogP contribution < -0.4 is 10.6 Å². The van der Waals surface area contributed by atoms with Gasteiger partial charge in [-0.15, -0.1) is 0 Å². The fraction of sp³-hybridized carbons (Fsp3) is 0.656. The molecular formula is C64H89B3F6N8O12. The molecule has 0 radical (unpaired) electrons. The molecule has 3 aliphatic carbocycles. The van der Waals surface area contributed by atoms with E-state index in [2.05, 4.69) is 31.4 Å². The first kappa shape index (κ1) is 74.2. The second-order valence-electron chi connectivity index (χ2n) is 28.1. The SMILES string of the molecule is CC(C)(C=C(C#N)C(=O)N1CCC[C@H](OC(=O)N[C@@H](Cc2ccc(F)cc2)B(O)O)C1)N1CCC(F)(F)C1.CC(C)CB(O)O.CC1(C)[C@@H]2C[C@H]3OB([C@H](Cc4ccc(F)cc4)NC(=O)O[C@H]4CCCN(C(=O)C(C#N)=CC(C)(C)N5CCC(F)(F)C5)C4)O[C@@]3(C)[C@H]1C2. The van der Waals surface area contributed by atoms with Crippen LogP contribution in [-0.4, -0.2) is 196 Å². The van der Waals surface area contributed by atoms with Crippen LogP contribution in [0.1, 0.15) is 125 Å². The van der Waals surface area contributed by atoms with E-state index in [-0.39, 0.29) is 73.9 Å². The smallest absolute Gasteiger partial charge is 0.444 e. The third-order valence-electron chi connectivity index (χ3n) is 19.2. The lowest BCUT2D eigenvalue weighted by molar-refractivity contribution is -0.199. The van der Waals surface area contributed by atoms with Crippen LogP contribution in [0.4, 0.5) is 35.9 Å². The molecule has 0 unspecified atom stereocenters. The topological polar surface area (TPSA) is 271 Å². The molecule has 6 N–H and O–H groups in total. The van der Waals surface area contributed by atoms with Gasteiger partial charge in [0.25, 0.3) is 23.7 Å². The molecule has 20 nitrogen and oxygen atoms in total. The van der Waals surface area contributed by atoms with E-state index in [1.54, 1.807) is 44.7 Å². The number of hydrogen-bond acceptors (Lipinski definition) is 16. The number of carbonyl (C=O) groups is 4. The molecule has 5 heterocycles. The minimum Gasteiger partial charge on any atom is -0.444 e. The zero-order chi connectivity index (χ0) is 68.6. The maximum absolute atomic E-state index is 13.9. The van der Waals surface area contributed by atoms with Gasteiger partial charge in [-0.1, -0.05) is 52.0 Å². The summed E-state index contributed by atoms with van der Waals surface area (Å²) in [6.45, 7) is 17.5. The van der Waals surface area contributed by atoms with Crippen molar-refractivity contribution in [1.82, 2.24) is 30.2 Å². The first-order valence-corrected chi connectivity index (χ1v) is 32.0. The van der Waals surface area contributed by atoms with E-state index >= 15 is 0 Å². The Balaban J connectivity index is 0.000000244. The molecule has 4 amide bonds. The average molecular weight is 1310 g/mol. The third-order valence-corrected chi connectivity index (χ3v) is 19.2. The summed E-state index contributed by atoms with van der Waals surface area (Å²) in [5.74, 6) is -8.02. The summed E-state index contributed by atoms with van der Waals surface area (Å²) in [5.41, 5.74) is -1.18. The van der Waals surface area contributed by atoms with Gasteiger partial charge in [-0.3, -0.25) is 19.4 Å². The molecule has 508 valence electrons. The van der Waals surface area contributed by atoms with Gasteiger partial charge in [-0.25, -0.2) is 35.9 Å². The van der Waals surface area contributed by atoms with Crippen LogP contribution in [0.25, 0.3) is 0 Å². The van der Waals surface area contributed by atoms with Crippen molar-refractivity contribution >= 4 is 45.4 Å². The van der Waals surface area contributed by atoms with E-state index in [0.717, 1.165) is 18.4 Å². The van der Waals surface area contributed by atoms with Gasteiger partial charge in [0.15, 0.2) is 0 Å². The van der Waals surface area contributed by atoms with Crippen molar-refractivity contribution in [2.24, 2.45) is 23.2 Å². The van der Waals surface area contributed by atoms with Crippen LogP contribution >= 0.6 is 0 Å². The second-order valence-corrected chi connectivity index (χ2v) is 28.1. The Hall–Kier alpha value is -6.17. The molecule has 3 saturated carbocycles. The van der Waals surface area contributed by atoms with Crippen molar-refractivity contribution in [2.45, 2.75) is 192 Å². The molecule has 29 heteroatoms. The van der Waals surface area contributed by atoms with Gasteiger partial charge >= 0.3 is 33.5 Å². The molecule has 10 rings (SSSR count). The lowest BCUT2D eigenvalue weighted by Crippen LogP contribution is -2.65. The predicted molar refractivity (Wildman–Crippen MR) is 334 cm³/mol. The molecule has 8 aliphatic rings. The summed E-state index contributed by atoms with van der Waals surface area (Å²) in [6.07, 6.45) is 4.05. The van der Waals surface area contributed by atoms with E-state index < -0.39 is 117 Å². The zero-order valence-corrected chi connectivity index (χ0v) is 54.6. The van der Waals surface area contributed by atoms with Crippen LogP contribution in [-0.2, 0) is 41.2 Å². The normalized spacial score (nSPS) is 25.7. The Kier molecular flexibility index (Phi) is 24.5. The Bertz CT molecular complexity index is 3080. The highest BCUT2D eigenvalue weighted by molar-refractivity contribution is 6.48. The van der Waals surface area contributed by atoms with Crippen molar-refractivity contribution < 1.29 is 84.4 Å². The largest absolute Gasteiger partial charge is 0.482 e. The lowest BCUT2D eigenvalue weighted by Gasteiger charge is -2.64. The number of benzene rings is 2. The quantitative estimate of drug-likeness (QED) is 0.0366. The summed E-state index contributed by atoms with van der Waals surface area (Å²) in [4.78, 5) is 58.4. The van der Waals surface area contributed by atoms with Gasteiger partial charge in [0, 0.05) is 50.1 Å². The highest BCUT2D eigenvalue weighted by Crippen LogP contribution is 2.66. The number of nitrogens with one attached hydrogen (secondary N) is 2. The number of alkyl halides is 4. The van der Waals surface area contributed by atoms with Gasteiger partial charge in [0.1, 0.15) is 47.1 Å². The van der Waals surface area contributed by atoms with Gasteiger partial charge in [0.2, 0.25) is 0 Å². The first-order chi connectivity index (χ1) is 43.4. The fourth-order valence-corrected chi connectivity index (χ4v) is 13.8.